The fourth-order valence-electron chi connectivity index (χ4n) is 1.13. The van der Waals surface area contributed by atoms with Crippen molar-refractivity contribution in [2.24, 2.45) is 0 Å². The first kappa shape index (κ1) is 8.76. The van der Waals surface area contributed by atoms with Crippen molar-refractivity contribution in [3.8, 4) is 5.82 Å². The van der Waals surface area contributed by atoms with Crippen LogP contribution in [0.25, 0.3) is 5.82 Å². The summed E-state index contributed by atoms with van der Waals surface area (Å²) in [7, 11) is 0. The Labute approximate surface area is 80.3 Å². The molecule has 0 fully saturated rings. The van der Waals surface area contributed by atoms with Crippen molar-refractivity contribution in [2.75, 3.05) is 0 Å². The van der Waals surface area contributed by atoms with E-state index < -0.39 is 6.10 Å². The summed E-state index contributed by atoms with van der Waals surface area (Å²) in [5, 5.41) is 13.4. The fourth-order valence-corrected chi connectivity index (χ4v) is 1.13. The van der Waals surface area contributed by atoms with Gasteiger partial charge in [0.25, 0.3) is 0 Å². The number of aliphatic hydroxyl groups excluding tert-OH is 1. The van der Waals surface area contributed by atoms with Gasteiger partial charge in [-0.2, -0.15) is 5.10 Å². The van der Waals surface area contributed by atoms with Crippen LogP contribution in [-0.4, -0.2) is 29.8 Å². The van der Waals surface area contributed by atoms with E-state index in [1.807, 2.05) is 0 Å². The first-order chi connectivity index (χ1) is 6.79. The van der Waals surface area contributed by atoms with Crippen LogP contribution in [0.15, 0.2) is 25.0 Å². The second-order valence-electron chi connectivity index (χ2n) is 2.78. The quantitative estimate of drug-likeness (QED) is 0.729. The number of nitrogens with zero attached hydrogens (tertiary/aromatic N) is 5. The molecule has 6 nitrogen and oxygen atoms in total. The predicted octanol–water partition coefficient (Wildman–Crippen LogP) is 0.111. The Morgan fingerprint density at radius 1 is 1.36 bits per heavy atom. The van der Waals surface area contributed by atoms with Gasteiger partial charge in [-0.25, -0.2) is 14.6 Å². The zero-order valence-corrected chi connectivity index (χ0v) is 7.57. The Morgan fingerprint density at radius 3 is 2.79 bits per heavy atom. The monoisotopic (exact) mass is 191 g/mol. The summed E-state index contributed by atoms with van der Waals surface area (Å²) >= 11 is 0. The normalized spacial score (nSPS) is 12.7. The maximum Gasteiger partial charge on any atom is 0.179 e. The van der Waals surface area contributed by atoms with Gasteiger partial charge in [-0.3, -0.25) is 4.98 Å². The minimum absolute atomic E-state index is 0.484. The minimum atomic E-state index is -0.678. The summed E-state index contributed by atoms with van der Waals surface area (Å²) in [6.07, 6.45) is 5.31. The Morgan fingerprint density at radius 2 is 2.14 bits per heavy atom. The van der Waals surface area contributed by atoms with E-state index >= 15 is 0 Å². The van der Waals surface area contributed by atoms with Crippen molar-refractivity contribution in [1.29, 1.82) is 0 Å². The molecule has 1 N–H and O–H groups in total. The van der Waals surface area contributed by atoms with Gasteiger partial charge >= 0.3 is 0 Å². The van der Waals surface area contributed by atoms with Crippen LogP contribution in [0.4, 0.5) is 0 Å². The van der Waals surface area contributed by atoms with Crippen molar-refractivity contribution in [2.45, 2.75) is 13.0 Å². The van der Waals surface area contributed by atoms with Crippen LogP contribution in [0.1, 0.15) is 18.7 Å². The van der Waals surface area contributed by atoms with E-state index in [2.05, 4.69) is 20.1 Å². The molecule has 0 unspecified atom stereocenters. The van der Waals surface area contributed by atoms with E-state index in [-0.39, 0.29) is 0 Å². The smallest absolute Gasteiger partial charge is 0.179 e. The molecule has 72 valence electrons. The lowest BCUT2D eigenvalue weighted by molar-refractivity contribution is 0.193. The van der Waals surface area contributed by atoms with E-state index in [9.17, 15) is 5.11 Å². The van der Waals surface area contributed by atoms with Crippen LogP contribution < -0.4 is 0 Å². The highest BCUT2D eigenvalue weighted by molar-refractivity contribution is 5.27. The predicted molar refractivity (Wildman–Crippen MR) is 47.6 cm³/mol. The summed E-state index contributed by atoms with van der Waals surface area (Å²) in [5.41, 5.74) is 0.484. The first-order valence-corrected chi connectivity index (χ1v) is 4.13. The van der Waals surface area contributed by atoms with Gasteiger partial charge < -0.3 is 5.11 Å². The molecule has 2 aromatic rings. The number of aromatic nitrogens is 5. The van der Waals surface area contributed by atoms with E-state index in [4.69, 9.17) is 0 Å². The van der Waals surface area contributed by atoms with Gasteiger partial charge in [0.15, 0.2) is 5.82 Å². The van der Waals surface area contributed by atoms with E-state index in [1.165, 1.54) is 23.5 Å². The van der Waals surface area contributed by atoms with Crippen molar-refractivity contribution in [3.63, 3.8) is 0 Å². The van der Waals surface area contributed by atoms with Crippen LogP contribution in [0, 0.1) is 0 Å². The fraction of sp³-hybridized carbons (Fsp3) is 0.250. The molecule has 2 rings (SSSR count). The van der Waals surface area contributed by atoms with Crippen molar-refractivity contribution in [3.05, 3.63) is 30.7 Å². The Kier molecular flexibility index (Phi) is 2.19. The highest BCUT2D eigenvalue weighted by atomic mass is 16.3. The molecule has 0 aliphatic rings. The number of hydrogen-bond donors (Lipinski definition) is 1. The number of rotatable bonds is 2. The van der Waals surface area contributed by atoms with Crippen LogP contribution in [0.2, 0.25) is 0 Å². The molecule has 2 aromatic heterocycles. The third-order valence-corrected chi connectivity index (χ3v) is 1.74. The van der Waals surface area contributed by atoms with Crippen LogP contribution in [-0.2, 0) is 0 Å². The highest BCUT2D eigenvalue weighted by Gasteiger charge is 2.11. The molecule has 14 heavy (non-hydrogen) atoms. The third-order valence-electron chi connectivity index (χ3n) is 1.74. The number of hydrogen-bond acceptors (Lipinski definition) is 5. The van der Waals surface area contributed by atoms with E-state index in [0.717, 1.165) is 0 Å². The molecule has 0 saturated carbocycles. The molecule has 0 radical (unpaired) electrons. The Balaban J connectivity index is 2.53. The molecule has 0 spiro atoms. The molecule has 2 heterocycles. The Bertz CT molecular complexity index is 411. The second-order valence-corrected chi connectivity index (χ2v) is 2.78. The van der Waals surface area contributed by atoms with Crippen molar-refractivity contribution < 1.29 is 5.11 Å². The van der Waals surface area contributed by atoms with Gasteiger partial charge in [-0.1, -0.05) is 0 Å². The molecule has 6 heteroatoms. The average Bonchev–Trinajstić information content (AvgIpc) is 2.70. The summed E-state index contributed by atoms with van der Waals surface area (Å²) < 4.78 is 1.47. The van der Waals surface area contributed by atoms with Crippen LogP contribution >= 0.6 is 0 Å². The lowest BCUT2D eigenvalue weighted by Gasteiger charge is -2.07. The summed E-state index contributed by atoms with van der Waals surface area (Å²) in [6.45, 7) is 1.63. The first-order valence-electron chi connectivity index (χ1n) is 4.13. The van der Waals surface area contributed by atoms with Crippen molar-refractivity contribution in [1.82, 2.24) is 24.7 Å². The van der Waals surface area contributed by atoms with E-state index in [0.29, 0.717) is 11.5 Å². The molecular formula is C8H9N5O. The highest BCUT2D eigenvalue weighted by Crippen LogP contribution is 2.14. The zero-order valence-electron chi connectivity index (χ0n) is 7.57. The standard InChI is InChI=1S/C8H9N5O/c1-6(14)7-8(11-3-2-10-7)13-5-9-4-12-13/h2-6,14H,1H3/t6-/m0/s1. The molecule has 0 aromatic carbocycles. The molecule has 0 aliphatic heterocycles. The maximum atomic E-state index is 9.44. The average molecular weight is 191 g/mol. The minimum Gasteiger partial charge on any atom is -0.387 e. The van der Waals surface area contributed by atoms with Gasteiger partial charge in [0.1, 0.15) is 18.3 Å². The molecular weight excluding hydrogens is 182 g/mol. The molecule has 0 bridgehead atoms. The molecule has 0 aliphatic carbocycles. The summed E-state index contributed by atoms with van der Waals surface area (Å²) in [6, 6.07) is 0. The van der Waals surface area contributed by atoms with Gasteiger partial charge in [0.2, 0.25) is 0 Å². The molecule has 0 saturated heterocycles. The molecule has 0 amide bonds. The largest absolute Gasteiger partial charge is 0.387 e. The summed E-state index contributed by atoms with van der Waals surface area (Å²) in [5.74, 6) is 0.500. The zero-order chi connectivity index (χ0) is 9.97. The van der Waals surface area contributed by atoms with Crippen LogP contribution in [0.5, 0.6) is 0 Å². The maximum absolute atomic E-state index is 9.44. The second kappa shape index (κ2) is 3.51. The Hall–Kier alpha value is -1.82. The third kappa shape index (κ3) is 1.47. The molecule has 1 atom stereocenters. The lowest BCUT2D eigenvalue weighted by atomic mass is 10.3. The van der Waals surface area contributed by atoms with Crippen molar-refractivity contribution >= 4 is 0 Å². The number of aliphatic hydroxyl groups is 1. The van der Waals surface area contributed by atoms with Gasteiger partial charge in [0.05, 0.1) is 6.10 Å². The van der Waals surface area contributed by atoms with E-state index in [1.54, 1.807) is 13.1 Å². The van der Waals surface area contributed by atoms with Gasteiger partial charge in [-0.05, 0) is 6.92 Å². The topological polar surface area (TPSA) is 76.7 Å². The van der Waals surface area contributed by atoms with Gasteiger partial charge in [0, 0.05) is 12.4 Å². The lowest BCUT2D eigenvalue weighted by Crippen LogP contribution is -2.07. The van der Waals surface area contributed by atoms with Gasteiger partial charge in [-0.15, -0.1) is 0 Å². The van der Waals surface area contributed by atoms with Crippen LogP contribution in [0.3, 0.4) is 0 Å². The SMILES string of the molecule is C[C@H](O)c1nccnc1-n1cncn1. The summed E-state index contributed by atoms with van der Waals surface area (Å²) in [4.78, 5) is 11.9.